The first-order valence-corrected chi connectivity index (χ1v) is 13.6. The number of nitrogens with one attached hydrogen (secondary N) is 2. The SMILES string of the molecule is COc1ccc(NC(=O)Cn2c(=O)n(-c3ccc(CC(=O)NC[C@@H]4CCCO4)cc3)c(=O)c3ccccc32)c(OC)c1. The predicted octanol–water partition coefficient (Wildman–Crippen LogP) is 2.65. The number of nitrogens with zero attached hydrogens (tertiary/aromatic N) is 2. The second-order valence-electron chi connectivity index (χ2n) is 9.92. The van der Waals surface area contributed by atoms with E-state index in [1.165, 1.54) is 18.8 Å². The van der Waals surface area contributed by atoms with E-state index in [4.69, 9.17) is 14.2 Å². The van der Waals surface area contributed by atoms with Crippen LogP contribution >= 0.6 is 0 Å². The summed E-state index contributed by atoms with van der Waals surface area (Å²) in [5.74, 6) is 0.332. The zero-order valence-electron chi connectivity index (χ0n) is 23.4. The number of rotatable bonds is 10. The monoisotopic (exact) mass is 572 g/mol. The number of hydrogen-bond acceptors (Lipinski definition) is 7. The number of benzene rings is 3. The smallest absolute Gasteiger partial charge is 0.336 e. The van der Waals surface area contributed by atoms with Crippen LogP contribution in [0.25, 0.3) is 16.6 Å². The van der Waals surface area contributed by atoms with Gasteiger partial charge in [-0.25, -0.2) is 9.36 Å². The van der Waals surface area contributed by atoms with Gasteiger partial charge >= 0.3 is 5.69 Å². The Morgan fingerprint density at radius 1 is 0.976 bits per heavy atom. The fraction of sp³-hybridized carbons (Fsp3) is 0.290. The Kier molecular flexibility index (Phi) is 8.68. The molecule has 4 aromatic rings. The Labute approximate surface area is 241 Å². The summed E-state index contributed by atoms with van der Waals surface area (Å²) in [6, 6.07) is 18.2. The van der Waals surface area contributed by atoms with Crippen LogP contribution in [0.15, 0.2) is 76.3 Å². The van der Waals surface area contributed by atoms with Gasteiger partial charge < -0.3 is 24.8 Å². The van der Waals surface area contributed by atoms with Crippen molar-refractivity contribution in [3.63, 3.8) is 0 Å². The van der Waals surface area contributed by atoms with E-state index in [2.05, 4.69) is 10.6 Å². The van der Waals surface area contributed by atoms with Crippen LogP contribution in [0.2, 0.25) is 0 Å². The summed E-state index contributed by atoms with van der Waals surface area (Å²) in [5.41, 5.74) is 0.615. The van der Waals surface area contributed by atoms with Crippen molar-refractivity contribution >= 4 is 28.4 Å². The molecule has 0 aliphatic carbocycles. The zero-order chi connectivity index (χ0) is 29.6. The molecule has 0 saturated carbocycles. The molecule has 1 saturated heterocycles. The maximum Gasteiger partial charge on any atom is 0.336 e. The second kappa shape index (κ2) is 12.7. The number of methoxy groups -OCH3 is 2. The topological polar surface area (TPSA) is 130 Å². The summed E-state index contributed by atoms with van der Waals surface area (Å²) < 4.78 is 18.4. The van der Waals surface area contributed by atoms with E-state index < -0.39 is 17.2 Å². The molecule has 3 aromatic carbocycles. The molecule has 2 heterocycles. The third kappa shape index (κ3) is 6.21. The molecule has 0 radical (unpaired) electrons. The van der Waals surface area contributed by atoms with E-state index in [0.717, 1.165) is 29.6 Å². The van der Waals surface area contributed by atoms with Gasteiger partial charge in [0.25, 0.3) is 5.56 Å². The minimum atomic E-state index is -0.669. The molecule has 11 nitrogen and oxygen atoms in total. The van der Waals surface area contributed by atoms with Gasteiger partial charge in [-0.1, -0.05) is 24.3 Å². The molecule has 2 amide bonds. The Bertz CT molecular complexity index is 1720. The Balaban J connectivity index is 1.40. The van der Waals surface area contributed by atoms with Gasteiger partial charge in [0.05, 0.1) is 49.0 Å². The Morgan fingerprint density at radius 3 is 2.48 bits per heavy atom. The van der Waals surface area contributed by atoms with Crippen molar-refractivity contribution in [3.8, 4) is 17.2 Å². The summed E-state index contributed by atoms with van der Waals surface area (Å²) in [6.07, 6.45) is 2.14. The normalized spacial score (nSPS) is 14.5. The van der Waals surface area contributed by atoms with E-state index in [1.54, 1.807) is 66.7 Å². The molecule has 1 aliphatic rings. The summed E-state index contributed by atoms with van der Waals surface area (Å²) in [4.78, 5) is 52.7. The molecular formula is C31H32N4O7. The lowest BCUT2D eigenvalue weighted by atomic mass is 10.1. The molecule has 0 bridgehead atoms. The van der Waals surface area contributed by atoms with Gasteiger partial charge in [0, 0.05) is 19.2 Å². The standard InChI is InChI=1S/C31H32N4O7/c1-40-22-13-14-25(27(17-22)41-2)33-29(37)19-34-26-8-4-3-7-24(26)30(38)35(31(34)39)21-11-9-20(10-12-21)16-28(36)32-18-23-6-5-15-42-23/h3-4,7-14,17,23H,5-6,15-16,18-19H2,1-2H3,(H,32,36)(H,33,37)/t23-/m0/s1. The van der Waals surface area contributed by atoms with Gasteiger partial charge in [-0.15, -0.1) is 0 Å². The molecule has 1 atom stereocenters. The fourth-order valence-corrected chi connectivity index (χ4v) is 4.98. The van der Waals surface area contributed by atoms with Gasteiger partial charge in [0.1, 0.15) is 18.0 Å². The lowest BCUT2D eigenvalue weighted by Crippen LogP contribution is -2.40. The molecule has 5 rings (SSSR count). The summed E-state index contributed by atoms with van der Waals surface area (Å²) >= 11 is 0. The first kappa shape index (κ1) is 28.6. The van der Waals surface area contributed by atoms with E-state index in [1.807, 2.05) is 0 Å². The van der Waals surface area contributed by atoms with Crippen LogP contribution in [0, 0.1) is 0 Å². The molecule has 11 heteroatoms. The number of fused-ring (bicyclic) bond motifs is 1. The number of carbonyl (C=O) groups excluding carboxylic acids is 2. The van der Waals surface area contributed by atoms with Gasteiger partial charge in [-0.2, -0.15) is 0 Å². The van der Waals surface area contributed by atoms with Crippen LogP contribution in [0.1, 0.15) is 18.4 Å². The summed E-state index contributed by atoms with van der Waals surface area (Å²) in [7, 11) is 3.00. The third-order valence-electron chi connectivity index (χ3n) is 7.15. The van der Waals surface area contributed by atoms with E-state index >= 15 is 0 Å². The second-order valence-corrected chi connectivity index (χ2v) is 9.92. The van der Waals surface area contributed by atoms with Crippen molar-refractivity contribution in [2.45, 2.75) is 31.9 Å². The zero-order valence-corrected chi connectivity index (χ0v) is 23.4. The molecule has 1 aliphatic heterocycles. The third-order valence-corrected chi connectivity index (χ3v) is 7.15. The van der Waals surface area contributed by atoms with Crippen molar-refractivity contribution in [2.75, 3.05) is 32.7 Å². The van der Waals surface area contributed by atoms with E-state index in [-0.39, 0.29) is 30.4 Å². The summed E-state index contributed by atoms with van der Waals surface area (Å²) in [6.45, 7) is 0.847. The van der Waals surface area contributed by atoms with Crippen molar-refractivity contribution < 1.29 is 23.8 Å². The molecule has 1 fully saturated rings. The average molecular weight is 573 g/mol. The van der Waals surface area contributed by atoms with E-state index in [9.17, 15) is 19.2 Å². The predicted molar refractivity (Wildman–Crippen MR) is 158 cm³/mol. The van der Waals surface area contributed by atoms with Gasteiger partial charge in [0.2, 0.25) is 11.8 Å². The number of amides is 2. The molecule has 1 aromatic heterocycles. The number of ether oxygens (including phenoxy) is 3. The highest BCUT2D eigenvalue weighted by Crippen LogP contribution is 2.29. The van der Waals surface area contributed by atoms with Crippen LogP contribution in [-0.4, -0.2) is 54.4 Å². The first-order valence-electron chi connectivity index (χ1n) is 13.6. The largest absolute Gasteiger partial charge is 0.497 e. The minimum absolute atomic E-state index is 0.0543. The molecule has 42 heavy (non-hydrogen) atoms. The molecule has 218 valence electrons. The maximum absolute atomic E-state index is 13.7. The lowest BCUT2D eigenvalue weighted by molar-refractivity contribution is -0.121. The van der Waals surface area contributed by atoms with Crippen molar-refractivity contribution in [1.82, 2.24) is 14.5 Å². The molecule has 0 spiro atoms. The number of anilines is 1. The Morgan fingerprint density at radius 2 is 1.76 bits per heavy atom. The van der Waals surface area contributed by atoms with Crippen LogP contribution in [-0.2, 0) is 27.3 Å². The van der Waals surface area contributed by atoms with Crippen molar-refractivity contribution in [2.24, 2.45) is 0 Å². The minimum Gasteiger partial charge on any atom is -0.497 e. The van der Waals surface area contributed by atoms with Gasteiger partial charge in [-0.3, -0.25) is 19.0 Å². The Hall–Kier alpha value is -4.90. The quantitative estimate of drug-likeness (QED) is 0.299. The maximum atomic E-state index is 13.7. The number of para-hydroxylation sites is 1. The highest BCUT2D eigenvalue weighted by molar-refractivity contribution is 5.93. The van der Waals surface area contributed by atoms with Crippen LogP contribution in [0.3, 0.4) is 0 Å². The number of carbonyl (C=O) groups is 2. The summed E-state index contributed by atoms with van der Waals surface area (Å²) in [5, 5.41) is 5.94. The van der Waals surface area contributed by atoms with Crippen molar-refractivity contribution in [3.05, 3.63) is 93.1 Å². The van der Waals surface area contributed by atoms with Crippen LogP contribution in [0.5, 0.6) is 11.5 Å². The van der Waals surface area contributed by atoms with Crippen LogP contribution < -0.4 is 31.4 Å². The lowest BCUT2D eigenvalue weighted by Gasteiger charge is -2.15. The van der Waals surface area contributed by atoms with Crippen molar-refractivity contribution in [1.29, 1.82) is 0 Å². The van der Waals surface area contributed by atoms with Gasteiger partial charge in [-0.05, 0) is 54.8 Å². The van der Waals surface area contributed by atoms with Gasteiger partial charge in [0.15, 0.2) is 0 Å². The van der Waals surface area contributed by atoms with E-state index in [0.29, 0.717) is 34.9 Å². The fourth-order valence-electron chi connectivity index (χ4n) is 4.98. The highest BCUT2D eigenvalue weighted by atomic mass is 16.5. The molecule has 0 unspecified atom stereocenters. The number of aromatic nitrogens is 2. The average Bonchev–Trinajstić information content (AvgIpc) is 3.53. The molecular weight excluding hydrogens is 540 g/mol. The highest BCUT2D eigenvalue weighted by Gasteiger charge is 2.19. The number of hydrogen-bond donors (Lipinski definition) is 2. The first-order chi connectivity index (χ1) is 20.4. The van der Waals surface area contributed by atoms with Crippen LogP contribution in [0.4, 0.5) is 5.69 Å². The molecule has 2 N–H and O–H groups in total.